The number of hydrogen-bond donors (Lipinski definition) is 2. The monoisotopic (exact) mass is 323 g/mol. The maximum atomic E-state index is 12.1. The van der Waals surface area contributed by atoms with E-state index in [4.69, 9.17) is 11.6 Å². The second-order valence-electron chi connectivity index (χ2n) is 3.56. The van der Waals surface area contributed by atoms with E-state index in [2.05, 4.69) is 19.7 Å². The molecule has 0 aliphatic rings. The Morgan fingerprint density at radius 3 is 2.70 bits per heavy atom. The maximum Gasteiger partial charge on any atom is 0.387 e. The number of anilines is 1. The summed E-state index contributed by atoms with van der Waals surface area (Å²) in [6.07, 6.45) is 2.32. The van der Waals surface area contributed by atoms with E-state index in [1.807, 2.05) is 0 Å². The fraction of sp³-hybridized carbons (Fsp3) is 0.100. The average molecular weight is 324 g/mol. The first-order chi connectivity index (χ1) is 9.38. The lowest BCUT2D eigenvalue weighted by molar-refractivity contribution is -0.0497. The molecule has 0 bridgehead atoms. The van der Waals surface area contributed by atoms with Gasteiger partial charge in [0, 0.05) is 6.20 Å². The molecule has 0 radical (unpaired) electrons. The van der Waals surface area contributed by atoms with Crippen LogP contribution in [0.25, 0.3) is 0 Å². The fourth-order valence-corrected chi connectivity index (χ4v) is 2.54. The summed E-state index contributed by atoms with van der Waals surface area (Å²) >= 11 is 5.72. The third-order valence-electron chi connectivity index (χ3n) is 2.18. The quantitative estimate of drug-likeness (QED) is 0.885. The molecule has 6 nitrogen and oxygen atoms in total. The summed E-state index contributed by atoms with van der Waals surface area (Å²) in [4.78, 5) is -0.0680. The minimum absolute atomic E-state index is 0.0680. The molecule has 108 valence electrons. The zero-order valence-electron chi connectivity index (χ0n) is 9.68. The van der Waals surface area contributed by atoms with Crippen LogP contribution in [0.4, 0.5) is 14.5 Å². The SMILES string of the molecule is O=S(=O)(Nc1ccc(OC(F)F)c(Cl)c1)c1cn[nH]c1. The van der Waals surface area contributed by atoms with Gasteiger partial charge >= 0.3 is 6.61 Å². The Hall–Kier alpha value is -1.87. The summed E-state index contributed by atoms with van der Waals surface area (Å²) in [6, 6.07) is 3.56. The summed E-state index contributed by atoms with van der Waals surface area (Å²) in [5, 5.41) is 5.74. The number of ether oxygens (including phenoxy) is 1. The van der Waals surface area contributed by atoms with Crippen molar-refractivity contribution < 1.29 is 21.9 Å². The molecule has 0 amide bonds. The molecule has 0 spiro atoms. The van der Waals surface area contributed by atoms with Gasteiger partial charge in [0.15, 0.2) is 0 Å². The van der Waals surface area contributed by atoms with Crippen molar-refractivity contribution in [1.82, 2.24) is 10.2 Å². The number of halogens is 3. The highest BCUT2D eigenvalue weighted by Crippen LogP contribution is 2.29. The largest absolute Gasteiger partial charge is 0.433 e. The first kappa shape index (κ1) is 14.5. The highest BCUT2D eigenvalue weighted by Gasteiger charge is 2.16. The van der Waals surface area contributed by atoms with Crippen molar-refractivity contribution in [2.24, 2.45) is 0 Å². The van der Waals surface area contributed by atoms with Crippen molar-refractivity contribution in [3.63, 3.8) is 0 Å². The van der Waals surface area contributed by atoms with Gasteiger partial charge in [0.25, 0.3) is 10.0 Å². The number of aromatic amines is 1. The minimum atomic E-state index is -3.81. The second-order valence-corrected chi connectivity index (χ2v) is 5.65. The molecule has 10 heteroatoms. The van der Waals surface area contributed by atoms with Crippen molar-refractivity contribution in [2.45, 2.75) is 11.5 Å². The van der Waals surface area contributed by atoms with E-state index >= 15 is 0 Å². The van der Waals surface area contributed by atoms with Gasteiger partial charge in [0.1, 0.15) is 10.6 Å². The van der Waals surface area contributed by atoms with Crippen LogP contribution in [0.1, 0.15) is 0 Å². The number of hydrogen-bond acceptors (Lipinski definition) is 4. The molecular formula is C10H8ClF2N3O3S. The minimum Gasteiger partial charge on any atom is -0.433 e. The lowest BCUT2D eigenvalue weighted by Crippen LogP contribution is -2.12. The van der Waals surface area contributed by atoms with Crippen molar-refractivity contribution in [3.05, 3.63) is 35.6 Å². The average Bonchev–Trinajstić information content (AvgIpc) is 2.86. The summed E-state index contributed by atoms with van der Waals surface area (Å²) < 4.78 is 54.2. The standard InChI is InChI=1S/C10H8ClF2N3O3S/c11-8-3-6(1-2-9(8)19-10(12)13)16-20(17,18)7-4-14-15-5-7/h1-5,10,16H,(H,14,15). The van der Waals surface area contributed by atoms with Crippen LogP contribution in [0.3, 0.4) is 0 Å². The Balaban J connectivity index is 2.21. The predicted molar refractivity (Wildman–Crippen MR) is 67.5 cm³/mol. The van der Waals surface area contributed by atoms with Crippen LogP contribution in [0.15, 0.2) is 35.5 Å². The summed E-state index contributed by atoms with van der Waals surface area (Å²) in [5.74, 6) is -0.243. The van der Waals surface area contributed by atoms with E-state index in [-0.39, 0.29) is 21.4 Å². The van der Waals surface area contributed by atoms with Crippen LogP contribution in [0.2, 0.25) is 5.02 Å². The molecule has 1 aromatic heterocycles. The number of nitrogens with zero attached hydrogens (tertiary/aromatic N) is 1. The molecule has 2 aromatic rings. The third-order valence-corrected chi connectivity index (χ3v) is 3.83. The van der Waals surface area contributed by atoms with Crippen LogP contribution in [0, 0.1) is 0 Å². The van der Waals surface area contributed by atoms with Gasteiger partial charge < -0.3 is 4.74 Å². The van der Waals surface area contributed by atoms with Gasteiger partial charge in [-0.15, -0.1) is 0 Å². The number of alkyl halides is 2. The zero-order chi connectivity index (χ0) is 14.8. The lowest BCUT2D eigenvalue weighted by Gasteiger charge is -2.10. The van der Waals surface area contributed by atoms with Crippen LogP contribution in [-0.2, 0) is 10.0 Å². The van der Waals surface area contributed by atoms with E-state index in [0.717, 1.165) is 18.3 Å². The van der Waals surface area contributed by atoms with Gasteiger partial charge in [-0.05, 0) is 18.2 Å². The molecule has 0 saturated heterocycles. The molecule has 2 rings (SSSR count). The molecule has 2 N–H and O–H groups in total. The van der Waals surface area contributed by atoms with Crippen molar-refractivity contribution in [2.75, 3.05) is 4.72 Å². The van der Waals surface area contributed by atoms with E-state index < -0.39 is 16.6 Å². The molecule has 0 aliphatic carbocycles. The lowest BCUT2D eigenvalue weighted by atomic mass is 10.3. The Morgan fingerprint density at radius 2 is 2.15 bits per heavy atom. The molecule has 0 aliphatic heterocycles. The maximum absolute atomic E-state index is 12.1. The van der Waals surface area contributed by atoms with Gasteiger partial charge in [-0.25, -0.2) is 8.42 Å². The van der Waals surface area contributed by atoms with Crippen LogP contribution >= 0.6 is 11.6 Å². The van der Waals surface area contributed by atoms with Crippen molar-refractivity contribution in [3.8, 4) is 5.75 Å². The summed E-state index contributed by atoms with van der Waals surface area (Å²) in [5.41, 5.74) is 0.109. The molecule has 1 aromatic carbocycles. The molecule has 0 unspecified atom stereocenters. The molecular weight excluding hydrogens is 316 g/mol. The van der Waals surface area contributed by atoms with E-state index in [9.17, 15) is 17.2 Å². The number of aromatic nitrogens is 2. The Kier molecular flexibility index (Phi) is 4.09. The first-order valence-electron chi connectivity index (χ1n) is 5.14. The Labute approximate surface area is 117 Å². The second kappa shape index (κ2) is 5.63. The van der Waals surface area contributed by atoms with Gasteiger partial charge in [-0.1, -0.05) is 11.6 Å². The van der Waals surface area contributed by atoms with Crippen molar-refractivity contribution >= 4 is 27.3 Å². The molecule has 0 fully saturated rings. The first-order valence-corrected chi connectivity index (χ1v) is 7.00. The molecule has 20 heavy (non-hydrogen) atoms. The number of H-pyrrole nitrogens is 1. The molecule has 1 heterocycles. The number of benzene rings is 1. The van der Waals surface area contributed by atoms with Crippen molar-refractivity contribution in [1.29, 1.82) is 0 Å². The van der Waals surface area contributed by atoms with Crippen LogP contribution < -0.4 is 9.46 Å². The number of nitrogens with one attached hydrogen (secondary N) is 2. The highest BCUT2D eigenvalue weighted by atomic mass is 35.5. The molecule has 0 atom stereocenters. The highest BCUT2D eigenvalue weighted by molar-refractivity contribution is 7.92. The zero-order valence-corrected chi connectivity index (χ0v) is 11.3. The number of sulfonamides is 1. The van der Waals surface area contributed by atoms with E-state index in [1.165, 1.54) is 12.3 Å². The fourth-order valence-electron chi connectivity index (χ4n) is 1.36. The Morgan fingerprint density at radius 1 is 1.40 bits per heavy atom. The number of rotatable bonds is 5. The van der Waals surface area contributed by atoms with Crippen LogP contribution in [-0.4, -0.2) is 25.2 Å². The summed E-state index contributed by atoms with van der Waals surface area (Å²) in [6.45, 7) is -3.01. The van der Waals surface area contributed by atoms with Crippen LogP contribution in [0.5, 0.6) is 5.75 Å². The predicted octanol–water partition coefficient (Wildman–Crippen LogP) is 2.47. The summed E-state index contributed by atoms with van der Waals surface area (Å²) in [7, 11) is -3.81. The van der Waals surface area contributed by atoms with E-state index in [0.29, 0.717) is 0 Å². The topological polar surface area (TPSA) is 84.1 Å². The van der Waals surface area contributed by atoms with Gasteiger partial charge in [-0.3, -0.25) is 9.82 Å². The van der Waals surface area contributed by atoms with Gasteiger partial charge in [0.2, 0.25) is 0 Å². The van der Waals surface area contributed by atoms with E-state index in [1.54, 1.807) is 0 Å². The normalized spacial score (nSPS) is 11.6. The van der Waals surface area contributed by atoms with Gasteiger partial charge in [-0.2, -0.15) is 13.9 Å². The molecule has 0 saturated carbocycles. The smallest absolute Gasteiger partial charge is 0.387 e. The third kappa shape index (κ3) is 3.36. The van der Waals surface area contributed by atoms with Gasteiger partial charge in [0.05, 0.1) is 16.9 Å². The Bertz CT molecular complexity index is 692.